The molecule has 0 aliphatic carbocycles. The summed E-state index contributed by atoms with van der Waals surface area (Å²) in [5.74, 6) is -0.113. The molecule has 0 fully saturated rings. The largest absolute Gasteiger partial charge is 0.356 e. The van der Waals surface area contributed by atoms with Gasteiger partial charge in [-0.15, -0.1) is 0 Å². The van der Waals surface area contributed by atoms with E-state index in [4.69, 9.17) is 23.2 Å². The van der Waals surface area contributed by atoms with Crippen molar-refractivity contribution in [1.29, 1.82) is 0 Å². The Morgan fingerprint density at radius 1 is 1.09 bits per heavy atom. The highest BCUT2D eigenvalue weighted by Crippen LogP contribution is 2.31. The molecule has 4 nitrogen and oxygen atoms in total. The van der Waals surface area contributed by atoms with E-state index in [2.05, 4.69) is 39.8 Å². The molecule has 164 valence electrons. The van der Waals surface area contributed by atoms with Crippen LogP contribution in [0.1, 0.15) is 40.3 Å². The number of halogens is 2. The van der Waals surface area contributed by atoms with E-state index in [1.54, 1.807) is 6.07 Å². The molecule has 0 saturated heterocycles. The molecule has 1 amide bonds. The lowest BCUT2D eigenvalue weighted by molar-refractivity contribution is -0.121. The number of hydrogen-bond donors (Lipinski definition) is 1. The molecule has 1 unspecified atom stereocenters. The monoisotopic (exact) mass is 465 g/mol. The Morgan fingerprint density at radius 2 is 1.91 bits per heavy atom. The first-order valence-corrected chi connectivity index (χ1v) is 11.4. The minimum Gasteiger partial charge on any atom is -0.356 e. The second-order valence-electron chi connectivity index (χ2n) is 8.06. The van der Waals surface area contributed by atoms with Gasteiger partial charge in [0.05, 0.1) is 5.69 Å². The molecule has 2 heterocycles. The maximum atomic E-state index is 13.0. The van der Waals surface area contributed by atoms with Crippen molar-refractivity contribution in [3.8, 4) is 0 Å². The summed E-state index contributed by atoms with van der Waals surface area (Å²) in [5, 5.41) is 4.27. The highest BCUT2D eigenvalue weighted by atomic mass is 35.5. The normalized spacial score (nSPS) is 12.1. The fourth-order valence-electron chi connectivity index (χ4n) is 4.03. The zero-order valence-corrected chi connectivity index (χ0v) is 19.6. The van der Waals surface area contributed by atoms with Gasteiger partial charge in [0, 0.05) is 41.3 Å². The van der Waals surface area contributed by atoms with Gasteiger partial charge in [0.2, 0.25) is 5.91 Å². The van der Waals surface area contributed by atoms with Crippen LogP contribution in [0.4, 0.5) is 0 Å². The number of benzene rings is 2. The number of imidazole rings is 1. The van der Waals surface area contributed by atoms with Crippen molar-refractivity contribution in [2.24, 2.45) is 0 Å². The fraction of sp³-hybridized carbons (Fsp3) is 0.231. The molecule has 1 N–H and O–H groups in total. The van der Waals surface area contributed by atoms with Gasteiger partial charge in [0.1, 0.15) is 5.65 Å². The van der Waals surface area contributed by atoms with Gasteiger partial charge in [-0.3, -0.25) is 4.79 Å². The average Bonchev–Trinajstić information content (AvgIpc) is 3.17. The summed E-state index contributed by atoms with van der Waals surface area (Å²) in [4.78, 5) is 17.5. The van der Waals surface area contributed by atoms with Gasteiger partial charge in [-0.25, -0.2) is 4.98 Å². The Labute approximate surface area is 198 Å². The molecule has 4 rings (SSSR count). The third-order valence-electron chi connectivity index (χ3n) is 5.74. The standard InChI is InChI=1S/C26H25Cl2N3O/c1-17-10-12-31-24(16-30-25(31)13-17)22(21-6-4-3-5-18(21)2)15-26(32)29-11-9-19-7-8-20(27)14-23(19)28/h3-8,10,12-14,16,22H,9,11,15H2,1-2H3,(H,29,32). The van der Waals surface area contributed by atoms with Gasteiger partial charge in [-0.05, 0) is 66.8 Å². The van der Waals surface area contributed by atoms with E-state index in [-0.39, 0.29) is 11.8 Å². The average molecular weight is 466 g/mol. The number of amides is 1. The summed E-state index contributed by atoms with van der Waals surface area (Å²) < 4.78 is 2.07. The summed E-state index contributed by atoms with van der Waals surface area (Å²) in [7, 11) is 0. The Balaban J connectivity index is 1.54. The van der Waals surface area contributed by atoms with Crippen LogP contribution in [0.25, 0.3) is 5.65 Å². The highest BCUT2D eigenvalue weighted by Gasteiger charge is 2.23. The zero-order valence-electron chi connectivity index (χ0n) is 18.1. The molecule has 0 saturated carbocycles. The third-order valence-corrected chi connectivity index (χ3v) is 6.33. The van der Waals surface area contributed by atoms with E-state index in [1.165, 1.54) is 0 Å². The molecule has 0 aliphatic heterocycles. The lowest BCUT2D eigenvalue weighted by Crippen LogP contribution is -2.28. The fourth-order valence-corrected chi connectivity index (χ4v) is 4.53. The lowest BCUT2D eigenvalue weighted by atomic mass is 9.89. The molecular weight excluding hydrogens is 441 g/mol. The molecular formula is C26H25Cl2N3O. The number of pyridine rings is 1. The number of rotatable bonds is 7. The van der Waals surface area contributed by atoms with Crippen molar-refractivity contribution in [2.45, 2.75) is 32.6 Å². The predicted octanol–water partition coefficient (Wildman–Crippen LogP) is 6.14. The summed E-state index contributed by atoms with van der Waals surface area (Å²) >= 11 is 12.2. The van der Waals surface area contributed by atoms with Crippen LogP contribution < -0.4 is 5.32 Å². The minimum atomic E-state index is -0.104. The Morgan fingerprint density at radius 3 is 2.69 bits per heavy atom. The SMILES string of the molecule is Cc1ccn2c(C(CC(=O)NCCc3ccc(Cl)cc3Cl)c3ccccc3C)cnc2c1. The van der Waals surface area contributed by atoms with E-state index in [0.29, 0.717) is 29.4 Å². The van der Waals surface area contributed by atoms with E-state index < -0.39 is 0 Å². The van der Waals surface area contributed by atoms with Gasteiger partial charge in [-0.2, -0.15) is 0 Å². The molecule has 6 heteroatoms. The molecule has 0 bridgehead atoms. The van der Waals surface area contributed by atoms with E-state index >= 15 is 0 Å². The minimum absolute atomic E-state index is 0.00889. The molecule has 0 radical (unpaired) electrons. The third kappa shape index (κ3) is 4.98. The number of carbonyl (C=O) groups excluding carboxylic acids is 1. The summed E-state index contributed by atoms with van der Waals surface area (Å²) in [6.45, 7) is 4.64. The zero-order chi connectivity index (χ0) is 22.7. The first kappa shape index (κ1) is 22.4. The van der Waals surface area contributed by atoms with Crippen LogP contribution in [0.3, 0.4) is 0 Å². The number of aromatic nitrogens is 2. The topological polar surface area (TPSA) is 46.4 Å². The Hall–Kier alpha value is -2.82. The van der Waals surface area contributed by atoms with Gasteiger partial charge in [-0.1, -0.05) is 53.5 Å². The molecule has 0 spiro atoms. The van der Waals surface area contributed by atoms with Crippen LogP contribution in [0.5, 0.6) is 0 Å². The van der Waals surface area contributed by atoms with Crippen molar-refractivity contribution in [2.75, 3.05) is 6.54 Å². The van der Waals surface area contributed by atoms with Gasteiger partial charge in [0.25, 0.3) is 0 Å². The molecule has 0 aliphatic rings. The van der Waals surface area contributed by atoms with Crippen LogP contribution in [-0.2, 0) is 11.2 Å². The smallest absolute Gasteiger partial charge is 0.221 e. The van der Waals surface area contributed by atoms with Crippen molar-refractivity contribution in [3.63, 3.8) is 0 Å². The van der Waals surface area contributed by atoms with Gasteiger partial charge >= 0.3 is 0 Å². The van der Waals surface area contributed by atoms with Crippen molar-refractivity contribution in [3.05, 3.63) is 105 Å². The summed E-state index contributed by atoms with van der Waals surface area (Å²) in [6, 6.07) is 17.7. The lowest BCUT2D eigenvalue weighted by Gasteiger charge is -2.19. The van der Waals surface area contributed by atoms with Crippen LogP contribution >= 0.6 is 23.2 Å². The number of carbonyl (C=O) groups is 1. The van der Waals surface area contributed by atoms with Crippen LogP contribution in [-0.4, -0.2) is 21.8 Å². The number of nitrogens with zero attached hydrogens (tertiary/aromatic N) is 2. The first-order chi connectivity index (χ1) is 15.4. The van der Waals surface area contributed by atoms with E-state index in [0.717, 1.165) is 33.6 Å². The molecule has 2 aromatic carbocycles. The molecule has 1 atom stereocenters. The van der Waals surface area contributed by atoms with Crippen molar-refractivity contribution >= 4 is 34.8 Å². The Bertz CT molecular complexity index is 1270. The predicted molar refractivity (Wildman–Crippen MR) is 131 cm³/mol. The van der Waals surface area contributed by atoms with Crippen LogP contribution in [0, 0.1) is 13.8 Å². The van der Waals surface area contributed by atoms with Gasteiger partial charge < -0.3 is 9.72 Å². The molecule has 4 aromatic rings. The molecule has 2 aromatic heterocycles. The van der Waals surface area contributed by atoms with Crippen LogP contribution in [0.2, 0.25) is 10.0 Å². The second kappa shape index (κ2) is 9.76. The number of aryl methyl sites for hydroxylation is 2. The number of fused-ring (bicyclic) bond motifs is 1. The molecule has 32 heavy (non-hydrogen) atoms. The maximum Gasteiger partial charge on any atom is 0.221 e. The Kier molecular flexibility index (Phi) is 6.83. The summed E-state index contributed by atoms with van der Waals surface area (Å²) in [6.07, 6.45) is 4.89. The quantitative estimate of drug-likeness (QED) is 0.356. The second-order valence-corrected chi connectivity index (χ2v) is 8.91. The van der Waals surface area contributed by atoms with Crippen LogP contribution in [0.15, 0.2) is 67.0 Å². The highest BCUT2D eigenvalue weighted by molar-refractivity contribution is 6.35. The van der Waals surface area contributed by atoms with Gasteiger partial charge in [0.15, 0.2) is 0 Å². The van der Waals surface area contributed by atoms with Crippen molar-refractivity contribution < 1.29 is 4.79 Å². The van der Waals surface area contributed by atoms with E-state index in [9.17, 15) is 4.79 Å². The first-order valence-electron chi connectivity index (χ1n) is 10.6. The number of hydrogen-bond acceptors (Lipinski definition) is 2. The summed E-state index contributed by atoms with van der Waals surface area (Å²) in [5.41, 5.74) is 6.29. The maximum absolute atomic E-state index is 13.0. The number of nitrogens with one attached hydrogen (secondary N) is 1. The van der Waals surface area contributed by atoms with E-state index in [1.807, 2.05) is 49.6 Å². The van der Waals surface area contributed by atoms with Crippen molar-refractivity contribution in [1.82, 2.24) is 14.7 Å².